The van der Waals surface area contributed by atoms with Gasteiger partial charge in [0, 0.05) is 5.75 Å². The largest absolute Gasteiger partial charge is 0.235 e. The zero-order valence-electron chi connectivity index (χ0n) is 9.90. The number of nitrogens with zero attached hydrogens (tertiary/aromatic N) is 1. The quantitative estimate of drug-likeness (QED) is 0.599. The van der Waals surface area contributed by atoms with E-state index in [-0.39, 0.29) is 0 Å². The van der Waals surface area contributed by atoms with Gasteiger partial charge in [0.1, 0.15) is 4.60 Å². The normalized spacial score (nSPS) is 10.5. The van der Waals surface area contributed by atoms with Crippen molar-refractivity contribution in [2.75, 3.05) is 0 Å². The maximum Gasteiger partial charge on any atom is 0.107 e. The Bertz CT molecular complexity index is 505. The Balaban J connectivity index is 2.07. The van der Waals surface area contributed by atoms with Crippen LogP contribution in [-0.2, 0) is 5.75 Å². The lowest BCUT2D eigenvalue weighted by molar-refractivity contribution is 1.10. The summed E-state index contributed by atoms with van der Waals surface area (Å²) >= 11 is 5.15. The van der Waals surface area contributed by atoms with Crippen LogP contribution >= 0.6 is 27.7 Å². The number of hydrogen-bond donors (Lipinski definition) is 0. The summed E-state index contributed by atoms with van der Waals surface area (Å²) in [5, 5.41) is 1.05. The minimum atomic E-state index is 0.892. The van der Waals surface area contributed by atoms with Gasteiger partial charge in [0.05, 0.1) is 5.03 Å². The first-order chi connectivity index (χ1) is 8.13. The van der Waals surface area contributed by atoms with Crippen molar-refractivity contribution in [3.63, 3.8) is 0 Å². The summed E-state index contributed by atoms with van der Waals surface area (Å²) < 4.78 is 0.892. The number of benzene rings is 1. The standard InChI is InChI=1S/C14H14BrNS/c1-10-6-11(2)8-12(7-10)9-17-14-5-3-4-13(15)16-14/h3-8H,9H2,1-2H3. The first-order valence-corrected chi connectivity index (χ1v) is 7.24. The van der Waals surface area contributed by atoms with Crippen LogP contribution in [0.5, 0.6) is 0 Å². The number of hydrogen-bond acceptors (Lipinski definition) is 2. The summed E-state index contributed by atoms with van der Waals surface area (Å²) in [6, 6.07) is 12.7. The number of thioether (sulfide) groups is 1. The molecule has 0 aliphatic rings. The van der Waals surface area contributed by atoms with Gasteiger partial charge in [0.2, 0.25) is 0 Å². The van der Waals surface area contributed by atoms with E-state index in [1.165, 1.54) is 16.7 Å². The van der Waals surface area contributed by atoms with E-state index < -0.39 is 0 Å². The Hall–Kier alpha value is -0.800. The fourth-order valence-electron chi connectivity index (χ4n) is 1.78. The van der Waals surface area contributed by atoms with E-state index in [2.05, 4.69) is 53.0 Å². The monoisotopic (exact) mass is 307 g/mol. The van der Waals surface area contributed by atoms with Crippen molar-refractivity contribution in [3.05, 3.63) is 57.7 Å². The van der Waals surface area contributed by atoms with Gasteiger partial charge < -0.3 is 0 Å². The molecule has 0 atom stereocenters. The molecule has 88 valence electrons. The fourth-order valence-corrected chi connectivity index (χ4v) is 3.06. The Morgan fingerprint density at radius 1 is 1.12 bits per heavy atom. The van der Waals surface area contributed by atoms with Gasteiger partial charge in [-0.25, -0.2) is 4.98 Å². The minimum absolute atomic E-state index is 0.892. The number of pyridine rings is 1. The lowest BCUT2D eigenvalue weighted by Crippen LogP contribution is -1.86. The molecule has 0 spiro atoms. The molecule has 0 radical (unpaired) electrons. The van der Waals surface area contributed by atoms with Crippen LogP contribution < -0.4 is 0 Å². The molecule has 0 fully saturated rings. The Kier molecular flexibility index (Phi) is 4.24. The average molecular weight is 308 g/mol. The zero-order valence-corrected chi connectivity index (χ0v) is 12.3. The Morgan fingerprint density at radius 2 is 1.82 bits per heavy atom. The molecule has 0 N–H and O–H groups in total. The summed E-state index contributed by atoms with van der Waals surface area (Å²) in [4.78, 5) is 4.41. The smallest absolute Gasteiger partial charge is 0.107 e. The molecule has 1 nitrogen and oxygen atoms in total. The van der Waals surface area contributed by atoms with Gasteiger partial charge in [0.15, 0.2) is 0 Å². The van der Waals surface area contributed by atoms with E-state index >= 15 is 0 Å². The maximum atomic E-state index is 4.41. The third kappa shape index (κ3) is 3.86. The summed E-state index contributed by atoms with van der Waals surface area (Å²) in [5.74, 6) is 0.964. The van der Waals surface area contributed by atoms with E-state index in [1.54, 1.807) is 11.8 Å². The van der Waals surface area contributed by atoms with Gasteiger partial charge in [-0.05, 0) is 47.5 Å². The van der Waals surface area contributed by atoms with Crippen LogP contribution in [0.25, 0.3) is 0 Å². The van der Waals surface area contributed by atoms with Gasteiger partial charge in [-0.2, -0.15) is 0 Å². The summed E-state index contributed by atoms with van der Waals surface area (Å²) in [5.41, 5.74) is 4.00. The maximum absolute atomic E-state index is 4.41. The van der Waals surface area contributed by atoms with Gasteiger partial charge in [-0.3, -0.25) is 0 Å². The topological polar surface area (TPSA) is 12.9 Å². The van der Waals surface area contributed by atoms with Crippen molar-refractivity contribution in [2.24, 2.45) is 0 Å². The molecule has 0 aliphatic heterocycles. The highest BCUT2D eigenvalue weighted by atomic mass is 79.9. The Morgan fingerprint density at radius 3 is 2.47 bits per heavy atom. The van der Waals surface area contributed by atoms with Gasteiger partial charge in [-0.1, -0.05) is 35.4 Å². The third-order valence-electron chi connectivity index (χ3n) is 2.36. The first kappa shape index (κ1) is 12.7. The first-order valence-electron chi connectivity index (χ1n) is 5.46. The van der Waals surface area contributed by atoms with Crippen molar-refractivity contribution in [1.29, 1.82) is 0 Å². The molecule has 0 aliphatic carbocycles. The highest BCUT2D eigenvalue weighted by Gasteiger charge is 2.00. The highest BCUT2D eigenvalue weighted by molar-refractivity contribution is 9.10. The SMILES string of the molecule is Cc1cc(C)cc(CSc2cccc(Br)n2)c1. The molecule has 0 unspecified atom stereocenters. The molecule has 0 bridgehead atoms. The van der Waals surface area contributed by atoms with E-state index in [9.17, 15) is 0 Å². The van der Waals surface area contributed by atoms with E-state index in [0.717, 1.165) is 15.4 Å². The number of aromatic nitrogens is 1. The second kappa shape index (κ2) is 5.69. The van der Waals surface area contributed by atoms with Crippen molar-refractivity contribution in [1.82, 2.24) is 4.98 Å². The molecule has 2 aromatic rings. The van der Waals surface area contributed by atoms with Crippen LogP contribution in [0.3, 0.4) is 0 Å². The minimum Gasteiger partial charge on any atom is -0.235 e. The van der Waals surface area contributed by atoms with Crippen molar-refractivity contribution in [2.45, 2.75) is 24.6 Å². The van der Waals surface area contributed by atoms with Crippen molar-refractivity contribution < 1.29 is 0 Å². The molecule has 3 heteroatoms. The predicted molar refractivity (Wildman–Crippen MR) is 77.4 cm³/mol. The van der Waals surface area contributed by atoms with Crippen LogP contribution in [0.4, 0.5) is 0 Å². The van der Waals surface area contributed by atoms with Gasteiger partial charge in [-0.15, -0.1) is 11.8 Å². The molecular weight excluding hydrogens is 294 g/mol. The summed E-state index contributed by atoms with van der Waals surface area (Å²) in [7, 11) is 0. The van der Waals surface area contributed by atoms with Crippen LogP contribution in [0.2, 0.25) is 0 Å². The highest BCUT2D eigenvalue weighted by Crippen LogP contribution is 2.23. The molecule has 0 saturated carbocycles. The lowest BCUT2D eigenvalue weighted by Gasteiger charge is -2.05. The molecule has 1 aromatic carbocycles. The summed E-state index contributed by atoms with van der Waals surface area (Å²) in [6.45, 7) is 4.27. The summed E-state index contributed by atoms with van der Waals surface area (Å²) in [6.07, 6.45) is 0. The van der Waals surface area contributed by atoms with Crippen LogP contribution in [0, 0.1) is 13.8 Å². The number of rotatable bonds is 3. The van der Waals surface area contributed by atoms with Gasteiger partial charge >= 0.3 is 0 Å². The molecular formula is C14H14BrNS. The Labute approximate surface area is 115 Å². The lowest BCUT2D eigenvalue weighted by atomic mass is 10.1. The number of aryl methyl sites for hydroxylation is 2. The van der Waals surface area contributed by atoms with Crippen LogP contribution in [0.15, 0.2) is 46.0 Å². The average Bonchev–Trinajstić information content (AvgIpc) is 2.25. The van der Waals surface area contributed by atoms with Crippen molar-refractivity contribution in [3.8, 4) is 0 Å². The van der Waals surface area contributed by atoms with E-state index in [0.29, 0.717) is 0 Å². The zero-order chi connectivity index (χ0) is 12.3. The van der Waals surface area contributed by atoms with E-state index in [1.807, 2.05) is 18.2 Å². The predicted octanol–water partition coefficient (Wildman–Crippen LogP) is 4.75. The van der Waals surface area contributed by atoms with E-state index in [4.69, 9.17) is 0 Å². The molecule has 17 heavy (non-hydrogen) atoms. The second-order valence-electron chi connectivity index (χ2n) is 4.08. The molecule has 1 aromatic heterocycles. The molecule has 0 saturated heterocycles. The number of halogens is 1. The molecule has 2 rings (SSSR count). The van der Waals surface area contributed by atoms with Crippen molar-refractivity contribution >= 4 is 27.7 Å². The van der Waals surface area contributed by atoms with Crippen LogP contribution in [0.1, 0.15) is 16.7 Å². The second-order valence-corrected chi connectivity index (χ2v) is 5.89. The molecule has 1 heterocycles. The third-order valence-corrected chi connectivity index (χ3v) is 3.80. The molecule has 0 amide bonds. The van der Waals surface area contributed by atoms with Crippen LogP contribution in [-0.4, -0.2) is 4.98 Å². The fraction of sp³-hybridized carbons (Fsp3) is 0.214. The van der Waals surface area contributed by atoms with Gasteiger partial charge in [0.25, 0.3) is 0 Å².